The van der Waals surface area contributed by atoms with Crippen molar-refractivity contribution in [2.24, 2.45) is 0 Å². The van der Waals surface area contributed by atoms with Crippen LogP contribution in [0.5, 0.6) is 11.5 Å². The molecule has 3 rings (SSSR count). The predicted molar refractivity (Wildman–Crippen MR) is 124 cm³/mol. The number of aryl methyl sites for hydroxylation is 1. The highest BCUT2D eigenvalue weighted by molar-refractivity contribution is 7.92. The molecule has 0 spiro atoms. The van der Waals surface area contributed by atoms with Crippen LogP contribution >= 0.6 is 0 Å². The minimum Gasteiger partial charge on any atom is -0.493 e. The number of aromatic nitrogens is 1. The summed E-state index contributed by atoms with van der Waals surface area (Å²) < 4.78 is 74.1. The lowest BCUT2D eigenvalue weighted by Gasteiger charge is -2.10. The zero-order valence-corrected chi connectivity index (χ0v) is 20.4. The number of nitrogens with zero attached hydrogens (tertiary/aromatic N) is 1. The summed E-state index contributed by atoms with van der Waals surface area (Å²) in [6.45, 7) is 1.66. The van der Waals surface area contributed by atoms with Gasteiger partial charge in [-0.3, -0.25) is 9.52 Å². The molecule has 3 aromatic rings. The highest BCUT2D eigenvalue weighted by atomic mass is 32.2. The van der Waals surface area contributed by atoms with Crippen molar-refractivity contribution in [2.75, 3.05) is 24.3 Å². The van der Waals surface area contributed by atoms with Gasteiger partial charge in [-0.05, 0) is 48.9 Å². The van der Waals surface area contributed by atoms with Crippen LogP contribution in [0.1, 0.15) is 11.3 Å². The summed E-state index contributed by atoms with van der Waals surface area (Å²) in [5.41, 5.74) is 1.22. The van der Waals surface area contributed by atoms with Gasteiger partial charge in [-0.25, -0.2) is 13.2 Å². The highest BCUT2D eigenvalue weighted by Crippen LogP contribution is 2.28. The number of carboxylic acids is 1. The summed E-state index contributed by atoms with van der Waals surface area (Å²) in [7, 11) is -0.757. The topological polar surface area (TPSA) is 157 Å². The molecule has 1 amide bonds. The molecule has 0 fully saturated rings. The van der Waals surface area contributed by atoms with Crippen LogP contribution in [0.2, 0.25) is 0 Å². The van der Waals surface area contributed by atoms with E-state index in [4.69, 9.17) is 23.9 Å². The molecule has 1 aromatic heterocycles. The van der Waals surface area contributed by atoms with Gasteiger partial charge >= 0.3 is 12.1 Å². The van der Waals surface area contributed by atoms with Crippen LogP contribution in [-0.2, 0) is 26.0 Å². The number of carbonyl (C=O) groups is 2. The number of anilines is 2. The Morgan fingerprint density at radius 2 is 1.62 bits per heavy atom. The number of nitrogens with one attached hydrogen (secondary N) is 2. The fourth-order valence-electron chi connectivity index (χ4n) is 2.71. The van der Waals surface area contributed by atoms with Crippen LogP contribution in [0.3, 0.4) is 0 Å². The fraction of sp³-hybridized carbons (Fsp3) is 0.227. The predicted octanol–water partition coefficient (Wildman–Crippen LogP) is 3.62. The Balaban J connectivity index is 0.000000604. The van der Waals surface area contributed by atoms with Gasteiger partial charge in [0.1, 0.15) is 5.76 Å². The molecule has 0 radical (unpaired) electrons. The molecule has 11 nitrogen and oxygen atoms in total. The third-order valence-corrected chi connectivity index (χ3v) is 5.74. The number of methoxy groups -OCH3 is 2. The van der Waals surface area contributed by atoms with E-state index in [0.29, 0.717) is 22.9 Å². The molecule has 2 aromatic carbocycles. The first-order chi connectivity index (χ1) is 17.2. The number of halogens is 3. The average Bonchev–Trinajstić information content (AvgIpc) is 3.22. The van der Waals surface area contributed by atoms with Crippen LogP contribution in [0.25, 0.3) is 0 Å². The third kappa shape index (κ3) is 8.71. The first-order valence-corrected chi connectivity index (χ1v) is 11.6. The number of carboxylic acid groups (broad SMARTS) is 1. The largest absolute Gasteiger partial charge is 0.493 e. The minimum absolute atomic E-state index is 0.0287. The summed E-state index contributed by atoms with van der Waals surface area (Å²) in [5, 5.41) is 13.5. The number of alkyl halides is 3. The number of benzene rings is 2. The van der Waals surface area contributed by atoms with Gasteiger partial charge in [0.15, 0.2) is 17.3 Å². The first kappa shape index (κ1) is 29.0. The Kier molecular flexibility index (Phi) is 9.48. The zero-order chi connectivity index (χ0) is 27.8. The molecule has 0 aliphatic heterocycles. The van der Waals surface area contributed by atoms with E-state index in [-0.39, 0.29) is 23.0 Å². The maximum absolute atomic E-state index is 12.4. The third-order valence-electron chi connectivity index (χ3n) is 4.37. The molecule has 1 heterocycles. The van der Waals surface area contributed by atoms with Gasteiger partial charge in [-0.15, -0.1) is 0 Å². The van der Waals surface area contributed by atoms with Gasteiger partial charge < -0.3 is 24.4 Å². The van der Waals surface area contributed by atoms with E-state index in [0.717, 1.165) is 5.56 Å². The highest BCUT2D eigenvalue weighted by Gasteiger charge is 2.38. The monoisotopic (exact) mass is 545 g/mol. The van der Waals surface area contributed by atoms with Crippen molar-refractivity contribution in [3.05, 3.63) is 59.9 Å². The van der Waals surface area contributed by atoms with Crippen LogP contribution < -0.4 is 19.5 Å². The second-order valence-electron chi connectivity index (χ2n) is 7.17. The second kappa shape index (κ2) is 12.1. The smallest absolute Gasteiger partial charge is 0.490 e. The Morgan fingerprint density at radius 1 is 1.03 bits per heavy atom. The van der Waals surface area contributed by atoms with Crippen molar-refractivity contribution < 1.29 is 50.3 Å². The number of ether oxygens (including phenoxy) is 2. The van der Waals surface area contributed by atoms with Crippen LogP contribution in [0.15, 0.2) is 57.9 Å². The molecule has 0 aliphatic rings. The lowest BCUT2D eigenvalue weighted by molar-refractivity contribution is -0.192. The molecule has 0 atom stereocenters. The number of sulfonamides is 1. The molecule has 15 heteroatoms. The van der Waals surface area contributed by atoms with Crippen molar-refractivity contribution in [1.29, 1.82) is 0 Å². The van der Waals surface area contributed by atoms with Crippen molar-refractivity contribution in [3.8, 4) is 11.5 Å². The zero-order valence-electron chi connectivity index (χ0n) is 19.6. The summed E-state index contributed by atoms with van der Waals surface area (Å²) in [6, 6.07) is 12.5. The molecule has 0 saturated heterocycles. The number of hydrogen-bond acceptors (Lipinski definition) is 8. The second-order valence-corrected chi connectivity index (χ2v) is 8.85. The van der Waals surface area contributed by atoms with E-state index in [1.54, 1.807) is 25.1 Å². The van der Waals surface area contributed by atoms with Gasteiger partial charge in [0.05, 0.1) is 25.5 Å². The standard InChI is InChI=1S/C20H21N3O6S.C2HF3O2/c1-13-10-19(22-29-13)23-30(25,26)16-7-5-15(6-8-16)21-20(24)12-14-4-9-17(27-2)18(11-14)28-3;3-2(4,5)1(6)7/h4-11H,12H2,1-3H3,(H,21,24)(H,22,23);(H,6,7). The maximum atomic E-state index is 12.4. The normalized spacial score (nSPS) is 11.1. The lowest BCUT2D eigenvalue weighted by atomic mass is 10.1. The van der Waals surface area contributed by atoms with E-state index >= 15 is 0 Å². The number of carbonyl (C=O) groups excluding carboxylic acids is 1. The molecule has 0 unspecified atom stereocenters. The van der Waals surface area contributed by atoms with Crippen LogP contribution in [0.4, 0.5) is 24.7 Å². The lowest BCUT2D eigenvalue weighted by Crippen LogP contribution is -2.21. The van der Waals surface area contributed by atoms with E-state index in [2.05, 4.69) is 15.2 Å². The van der Waals surface area contributed by atoms with E-state index in [1.807, 2.05) is 0 Å². The molecule has 3 N–H and O–H groups in total. The molecular weight excluding hydrogens is 523 g/mol. The summed E-state index contributed by atoms with van der Waals surface area (Å²) in [6.07, 6.45) is -4.96. The molecule has 0 bridgehead atoms. The average molecular weight is 545 g/mol. The maximum Gasteiger partial charge on any atom is 0.490 e. The summed E-state index contributed by atoms with van der Waals surface area (Å²) >= 11 is 0. The number of amides is 1. The Hall–Kier alpha value is -4.27. The number of aliphatic carboxylic acids is 1. The first-order valence-electron chi connectivity index (χ1n) is 10.1. The minimum atomic E-state index is -5.08. The SMILES string of the molecule is COc1ccc(CC(=O)Nc2ccc(S(=O)(=O)Nc3cc(C)on3)cc2)cc1OC.O=C(O)C(F)(F)F. The van der Waals surface area contributed by atoms with Crippen molar-refractivity contribution >= 4 is 33.4 Å². The van der Waals surface area contributed by atoms with Gasteiger partial charge in [0.25, 0.3) is 10.0 Å². The van der Waals surface area contributed by atoms with E-state index in [1.165, 1.54) is 44.6 Å². The fourth-order valence-corrected chi connectivity index (χ4v) is 3.69. The molecular formula is C22H22F3N3O8S. The van der Waals surface area contributed by atoms with Gasteiger partial charge in [-0.1, -0.05) is 11.2 Å². The van der Waals surface area contributed by atoms with Crippen molar-refractivity contribution in [2.45, 2.75) is 24.4 Å². The molecule has 37 heavy (non-hydrogen) atoms. The Bertz CT molecular complexity index is 1340. The van der Waals surface area contributed by atoms with Gasteiger partial charge in [0, 0.05) is 11.8 Å². The van der Waals surface area contributed by atoms with Crippen molar-refractivity contribution in [1.82, 2.24) is 5.16 Å². The summed E-state index contributed by atoms with van der Waals surface area (Å²) in [5.74, 6) is -1.32. The quantitative estimate of drug-likeness (QED) is 0.385. The van der Waals surface area contributed by atoms with Crippen LogP contribution in [0, 0.1) is 6.92 Å². The van der Waals surface area contributed by atoms with E-state index in [9.17, 15) is 26.4 Å². The van der Waals surface area contributed by atoms with Gasteiger partial charge in [-0.2, -0.15) is 13.2 Å². The van der Waals surface area contributed by atoms with E-state index < -0.39 is 22.2 Å². The van der Waals surface area contributed by atoms with Crippen LogP contribution in [-0.4, -0.2) is 51.0 Å². The number of rotatable bonds is 8. The Morgan fingerprint density at radius 3 is 2.11 bits per heavy atom. The summed E-state index contributed by atoms with van der Waals surface area (Å²) in [4.78, 5) is 21.3. The molecule has 0 saturated carbocycles. The number of hydrogen-bond donors (Lipinski definition) is 3. The molecule has 0 aliphatic carbocycles. The Labute approximate surface area is 209 Å². The van der Waals surface area contributed by atoms with Gasteiger partial charge in [0.2, 0.25) is 5.91 Å². The molecule has 200 valence electrons. The van der Waals surface area contributed by atoms with Crippen molar-refractivity contribution in [3.63, 3.8) is 0 Å².